The van der Waals surface area contributed by atoms with Gasteiger partial charge < -0.3 is 10.1 Å². The van der Waals surface area contributed by atoms with Crippen LogP contribution >= 0.6 is 0 Å². The van der Waals surface area contributed by atoms with E-state index in [9.17, 15) is 9.18 Å². The van der Waals surface area contributed by atoms with E-state index in [-0.39, 0.29) is 11.6 Å². The summed E-state index contributed by atoms with van der Waals surface area (Å²) < 4.78 is 18.3. The molecule has 0 aliphatic carbocycles. The number of halogens is 1. The molecule has 0 amide bonds. The quantitative estimate of drug-likeness (QED) is 0.860. The molecule has 0 saturated carbocycles. The molecule has 1 N–H and O–H groups in total. The highest BCUT2D eigenvalue weighted by Gasteiger charge is 2.12. The highest BCUT2D eigenvalue weighted by molar-refractivity contribution is 5.89. The lowest BCUT2D eigenvalue weighted by atomic mass is 10.1. The van der Waals surface area contributed by atoms with E-state index in [1.54, 1.807) is 12.3 Å². The van der Waals surface area contributed by atoms with Crippen molar-refractivity contribution in [2.75, 3.05) is 7.11 Å². The summed E-state index contributed by atoms with van der Waals surface area (Å²) in [6.07, 6.45) is 1.73. The van der Waals surface area contributed by atoms with Crippen LogP contribution in [0.25, 0.3) is 0 Å². The van der Waals surface area contributed by atoms with Gasteiger partial charge in [0, 0.05) is 18.8 Å². The number of carbonyl (C=O) groups excluding carboxylic acids is 1. The van der Waals surface area contributed by atoms with Crippen LogP contribution in [0.1, 0.15) is 34.6 Å². The van der Waals surface area contributed by atoms with Crippen molar-refractivity contribution in [1.29, 1.82) is 0 Å². The fourth-order valence-corrected chi connectivity index (χ4v) is 1.95. The van der Waals surface area contributed by atoms with Gasteiger partial charge in [-0.3, -0.25) is 4.98 Å². The summed E-state index contributed by atoms with van der Waals surface area (Å²) >= 11 is 0. The third kappa shape index (κ3) is 3.86. The smallest absolute Gasteiger partial charge is 0.340 e. The standard InChI is InChI=1S/C16H17FN2O2/c1-11(15-5-3-4-8-18-15)19-10-12-6-7-13(14(17)9-12)16(20)21-2/h3-9,11,19H,10H2,1-2H3/t11-/m0/s1. The van der Waals surface area contributed by atoms with Crippen molar-refractivity contribution in [1.82, 2.24) is 10.3 Å². The Balaban J connectivity index is 2.01. The lowest BCUT2D eigenvalue weighted by Crippen LogP contribution is -2.19. The van der Waals surface area contributed by atoms with E-state index in [1.807, 2.05) is 25.1 Å². The summed E-state index contributed by atoms with van der Waals surface area (Å²) in [4.78, 5) is 15.6. The normalized spacial score (nSPS) is 12.0. The zero-order valence-electron chi connectivity index (χ0n) is 12.0. The Morgan fingerprint density at radius 2 is 2.19 bits per heavy atom. The first kappa shape index (κ1) is 15.1. The molecule has 0 radical (unpaired) electrons. The van der Waals surface area contributed by atoms with Crippen molar-refractivity contribution in [3.63, 3.8) is 0 Å². The molecule has 0 fully saturated rings. The molecule has 1 aromatic heterocycles. The van der Waals surface area contributed by atoms with Gasteiger partial charge in [0.2, 0.25) is 0 Å². The van der Waals surface area contributed by atoms with Crippen molar-refractivity contribution < 1.29 is 13.9 Å². The topological polar surface area (TPSA) is 51.2 Å². The maximum absolute atomic E-state index is 13.8. The number of nitrogens with zero attached hydrogens (tertiary/aromatic N) is 1. The van der Waals surface area contributed by atoms with Gasteiger partial charge in [-0.15, -0.1) is 0 Å². The van der Waals surface area contributed by atoms with E-state index in [1.165, 1.54) is 19.2 Å². The zero-order chi connectivity index (χ0) is 15.2. The van der Waals surface area contributed by atoms with Crippen LogP contribution in [0.3, 0.4) is 0 Å². The van der Waals surface area contributed by atoms with Crippen molar-refractivity contribution in [2.24, 2.45) is 0 Å². The van der Waals surface area contributed by atoms with Crippen LogP contribution in [0.5, 0.6) is 0 Å². The van der Waals surface area contributed by atoms with Gasteiger partial charge in [0.1, 0.15) is 5.82 Å². The molecule has 0 saturated heterocycles. The molecule has 110 valence electrons. The lowest BCUT2D eigenvalue weighted by molar-refractivity contribution is 0.0595. The third-order valence-corrected chi connectivity index (χ3v) is 3.18. The first-order valence-corrected chi connectivity index (χ1v) is 6.63. The van der Waals surface area contributed by atoms with E-state index >= 15 is 0 Å². The Bertz CT molecular complexity index is 617. The molecule has 2 rings (SSSR count). The van der Waals surface area contributed by atoms with Crippen LogP contribution in [-0.4, -0.2) is 18.1 Å². The molecular weight excluding hydrogens is 271 g/mol. The number of hydrogen-bond donors (Lipinski definition) is 1. The van der Waals surface area contributed by atoms with Crippen LogP contribution in [0.15, 0.2) is 42.6 Å². The summed E-state index contributed by atoms with van der Waals surface area (Å²) in [6, 6.07) is 10.2. The summed E-state index contributed by atoms with van der Waals surface area (Å²) in [5.41, 5.74) is 1.62. The highest BCUT2D eigenvalue weighted by atomic mass is 19.1. The first-order valence-electron chi connectivity index (χ1n) is 6.63. The van der Waals surface area contributed by atoms with Crippen LogP contribution < -0.4 is 5.32 Å². The lowest BCUT2D eigenvalue weighted by Gasteiger charge is -2.13. The Morgan fingerprint density at radius 1 is 1.38 bits per heavy atom. The van der Waals surface area contributed by atoms with E-state index in [0.29, 0.717) is 6.54 Å². The van der Waals surface area contributed by atoms with Gasteiger partial charge in [-0.05, 0) is 36.8 Å². The van der Waals surface area contributed by atoms with E-state index in [4.69, 9.17) is 0 Å². The van der Waals surface area contributed by atoms with Crippen molar-refractivity contribution in [3.05, 3.63) is 65.2 Å². The molecule has 1 aromatic carbocycles. The van der Waals surface area contributed by atoms with Gasteiger partial charge in [0.05, 0.1) is 18.4 Å². The maximum Gasteiger partial charge on any atom is 0.340 e. The average molecular weight is 288 g/mol. The monoisotopic (exact) mass is 288 g/mol. The fourth-order valence-electron chi connectivity index (χ4n) is 1.95. The summed E-state index contributed by atoms with van der Waals surface area (Å²) in [5, 5.41) is 3.26. The molecule has 4 nitrogen and oxygen atoms in total. The molecule has 5 heteroatoms. The van der Waals surface area contributed by atoms with E-state index < -0.39 is 11.8 Å². The summed E-state index contributed by atoms with van der Waals surface area (Å²) in [7, 11) is 1.23. The minimum Gasteiger partial charge on any atom is -0.465 e. The molecule has 0 bridgehead atoms. The number of rotatable bonds is 5. The molecule has 0 aliphatic heterocycles. The first-order chi connectivity index (χ1) is 10.1. The van der Waals surface area contributed by atoms with E-state index in [2.05, 4.69) is 15.0 Å². The highest BCUT2D eigenvalue weighted by Crippen LogP contribution is 2.14. The number of methoxy groups -OCH3 is 1. The van der Waals surface area contributed by atoms with Crippen molar-refractivity contribution in [3.8, 4) is 0 Å². The SMILES string of the molecule is COC(=O)c1ccc(CN[C@@H](C)c2ccccn2)cc1F. The number of carbonyl (C=O) groups is 1. The fraction of sp³-hybridized carbons (Fsp3) is 0.250. The largest absolute Gasteiger partial charge is 0.465 e. The Hall–Kier alpha value is -2.27. The van der Waals surface area contributed by atoms with Gasteiger partial charge in [-0.25, -0.2) is 9.18 Å². The Morgan fingerprint density at radius 3 is 2.81 bits per heavy atom. The van der Waals surface area contributed by atoms with E-state index in [0.717, 1.165) is 11.3 Å². The van der Waals surface area contributed by atoms with Crippen LogP contribution in [0, 0.1) is 5.82 Å². The molecule has 0 unspecified atom stereocenters. The predicted molar refractivity (Wildman–Crippen MR) is 77.2 cm³/mol. The van der Waals surface area contributed by atoms with Crippen LogP contribution in [0.4, 0.5) is 4.39 Å². The minimum atomic E-state index is -0.672. The summed E-state index contributed by atoms with van der Waals surface area (Å²) in [6.45, 7) is 2.47. The number of nitrogens with one attached hydrogen (secondary N) is 1. The number of hydrogen-bond acceptors (Lipinski definition) is 4. The van der Waals surface area contributed by atoms with Crippen LogP contribution in [0.2, 0.25) is 0 Å². The van der Waals surface area contributed by atoms with Crippen LogP contribution in [-0.2, 0) is 11.3 Å². The van der Waals surface area contributed by atoms with Crippen molar-refractivity contribution >= 4 is 5.97 Å². The van der Waals surface area contributed by atoms with Gasteiger partial charge in [0.25, 0.3) is 0 Å². The Kier molecular flexibility index (Phi) is 5.00. The molecule has 0 spiro atoms. The molecule has 21 heavy (non-hydrogen) atoms. The number of benzene rings is 1. The van der Waals surface area contributed by atoms with Gasteiger partial charge in [0.15, 0.2) is 0 Å². The third-order valence-electron chi connectivity index (χ3n) is 3.18. The predicted octanol–water partition coefficient (Wildman–Crippen LogP) is 2.86. The molecule has 2 aromatic rings. The zero-order valence-corrected chi connectivity index (χ0v) is 12.0. The molecule has 1 atom stereocenters. The number of esters is 1. The second kappa shape index (κ2) is 6.95. The number of aromatic nitrogens is 1. The second-order valence-corrected chi connectivity index (χ2v) is 4.66. The molecule has 0 aliphatic rings. The van der Waals surface area contributed by atoms with Gasteiger partial charge in [-0.2, -0.15) is 0 Å². The molecule has 1 heterocycles. The second-order valence-electron chi connectivity index (χ2n) is 4.66. The van der Waals surface area contributed by atoms with Gasteiger partial charge >= 0.3 is 5.97 Å². The summed E-state index contributed by atoms with van der Waals surface area (Å²) in [5.74, 6) is -1.25. The number of pyridine rings is 1. The molecular formula is C16H17FN2O2. The van der Waals surface area contributed by atoms with Crippen molar-refractivity contribution in [2.45, 2.75) is 19.5 Å². The maximum atomic E-state index is 13.8. The minimum absolute atomic E-state index is 0.0505. The Labute approximate surface area is 123 Å². The van der Waals surface area contributed by atoms with Gasteiger partial charge in [-0.1, -0.05) is 12.1 Å². The number of ether oxygens (including phenoxy) is 1. The average Bonchev–Trinajstić information content (AvgIpc) is 2.52.